The van der Waals surface area contributed by atoms with E-state index in [1.54, 1.807) is 0 Å². The lowest BCUT2D eigenvalue weighted by atomic mass is 10.1. The number of carboxylic acids is 1. The predicted octanol–water partition coefficient (Wildman–Crippen LogP) is 0.544. The lowest BCUT2D eigenvalue weighted by molar-refractivity contribution is -0.142. The van der Waals surface area contributed by atoms with E-state index >= 15 is 0 Å². The number of aliphatic carboxylic acids is 1. The smallest absolute Gasteiger partial charge is 0.327 e. The summed E-state index contributed by atoms with van der Waals surface area (Å²) in [6.45, 7) is 0.983. The van der Waals surface area contributed by atoms with Crippen molar-refractivity contribution in [2.45, 2.75) is 6.04 Å². The molecule has 0 aromatic heterocycles. The number of amides is 1. The number of phenols is 1. The van der Waals surface area contributed by atoms with Crippen LogP contribution >= 0.6 is 11.6 Å². The van der Waals surface area contributed by atoms with Crippen molar-refractivity contribution in [2.75, 3.05) is 19.6 Å². The molecular formula is C12H13ClN2O4. The van der Waals surface area contributed by atoms with Gasteiger partial charge in [0.05, 0.1) is 5.56 Å². The zero-order valence-corrected chi connectivity index (χ0v) is 10.7. The second kappa shape index (κ2) is 5.46. The number of nitrogens with one attached hydrogen (secondary N) is 1. The average molecular weight is 285 g/mol. The third-order valence-corrected chi connectivity index (χ3v) is 3.21. The Kier molecular flexibility index (Phi) is 3.92. The van der Waals surface area contributed by atoms with E-state index in [0.29, 0.717) is 11.6 Å². The van der Waals surface area contributed by atoms with Gasteiger partial charge in [0.15, 0.2) is 0 Å². The minimum Gasteiger partial charge on any atom is -0.507 e. The highest BCUT2D eigenvalue weighted by molar-refractivity contribution is 6.30. The summed E-state index contributed by atoms with van der Waals surface area (Å²) in [5.74, 6) is -1.84. The molecule has 1 unspecified atom stereocenters. The Balaban J connectivity index is 2.28. The van der Waals surface area contributed by atoms with Gasteiger partial charge in [0.1, 0.15) is 11.8 Å². The van der Waals surface area contributed by atoms with Crippen molar-refractivity contribution >= 4 is 23.5 Å². The Morgan fingerprint density at radius 3 is 2.79 bits per heavy atom. The van der Waals surface area contributed by atoms with Gasteiger partial charge in [-0.05, 0) is 18.2 Å². The number of benzene rings is 1. The first kappa shape index (κ1) is 13.6. The van der Waals surface area contributed by atoms with Crippen molar-refractivity contribution in [1.82, 2.24) is 10.2 Å². The van der Waals surface area contributed by atoms with Crippen LogP contribution < -0.4 is 5.32 Å². The van der Waals surface area contributed by atoms with Crippen molar-refractivity contribution in [2.24, 2.45) is 0 Å². The Labute approximate surface area is 114 Å². The van der Waals surface area contributed by atoms with Crippen molar-refractivity contribution in [3.8, 4) is 5.75 Å². The van der Waals surface area contributed by atoms with Gasteiger partial charge in [-0.25, -0.2) is 4.79 Å². The van der Waals surface area contributed by atoms with Gasteiger partial charge in [0.2, 0.25) is 0 Å². The third kappa shape index (κ3) is 2.80. The largest absolute Gasteiger partial charge is 0.507 e. The van der Waals surface area contributed by atoms with Crippen LogP contribution in [0.15, 0.2) is 18.2 Å². The molecule has 1 atom stereocenters. The number of carbonyl (C=O) groups excluding carboxylic acids is 1. The Bertz CT molecular complexity index is 520. The van der Waals surface area contributed by atoms with E-state index in [4.69, 9.17) is 16.7 Å². The number of carbonyl (C=O) groups is 2. The molecule has 0 aliphatic carbocycles. The molecule has 3 N–H and O–H groups in total. The minimum absolute atomic E-state index is 0.0533. The molecule has 1 amide bonds. The highest BCUT2D eigenvalue weighted by Crippen LogP contribution is 2.24. The number of piperazine rings is 1. The monoisotopic (exact) mass is 284 g/mol. The van der Waals surface area contributed by atoms with E-state index in [2.05, 4.69) is 5.32 Å². The van der Waals surface area contributed by atoms with Crippen molar-refractivity contribution in [3.05, 3.63) is 28.8 Å². The molecule has 1 aromatic carbocycles. The number of phenolic OH excluding ortho intramolecular Hbond substituents is 1. The summed E-state index contributed by atoms with van der Waals surface area (Å²) < 4.78 is 0. The van der Waals surface area contributed by atoms with Gasteiger partial charge in [-0.3, -0.25) is 4.79 Å². The van der Waals surface area contributed by atoms with E-state index in [-0.39, 0.29) is 24.4 Å². The fourth-order valence-corrected chi connectivity index (χ4v) is 2.17. The maximum absolute atomic E-state index is 12.3. The lowest BCUT2D eigenvalue weighted by Crippen LogP contribution is -2.56. The molecule has 0 bridgehead atoms. The number of hydrogen-bond acceptors (Lipinski definition) is 4. The molecule has 0 saturated carbocycles. The molecule has 6 nitrogen and oxygen atoms in total. The Hall–Kier alpha value is -1.79. The summed E-state index contributed by atoms with van der Waals surface area (Å²) in [5.41, 5.74) is 0.0533. The summed E-state index contributed by atoms with van der Waals surface area (Å²) >= 11 is 5.70. The number of rotatable bonds is 2. The predicted molar refractivity (Wildman–Crippen MR) is 68.4 cm³/mol. The Morgan fingerprint density at radius 2 is 2.16 bits per heavy atom. The van der Waals surface area contributed by atoms with Crippen LogP contribution in [0.2, 0.25) is 5.02 Å². The van der Waals surface area contributed by atoms with Crippen molar-refractivity contribution in [3.63, 3.8) is 0 Å². The first-order valence-electron chi connectivity index (χ1n) is 5.73. The van der Waals surface area contributed by atoms with Gasteiger partial charge in [-0.1, -0.05) is 11.6 Å². The van der Waals surface area contributed by atoms with E-state index in [9.17, 15) is 14.7 Å². The van der Waals surface area contributed by atoms with Crippen LogP contribution in [0.3, 0.4) is 0 Å². The molecule has 19 heavy (non-hydrogen) atoms. The molecule has 1 aliphatic rings. The van der Waals surface area contributed by atoms with Gasteiger partial charge in [-0.15, -0.1) is 0 Å². The molecule has 1 fully saturated rings. The second-order valence-corrected chi connectivity index (χ2v) is 4.65. The Morgan fingerprint density at radius 1 is 1.42 bits per heavy atom. The highest BCUT2D eigenvalue weighted by Gasteiger charge is 2.33. The maximum atomic E-state index is 12.3. The van der Waals surface area contributed by atoms with Crippen LogP contribution in [0.25, 0.3) is 0 Å². The molecule has 7 heteroatoms. The second-order valence-electron chi connectivity index (χ2n) is 4.22. The van der Waals surface area contributed by atoms with E-state index in [1.807, 2.05) is 0 Å². The van der Waals surface area contributed by atoms with E-state index in [0.717, 1.165) is 0 Å². The van der Waals surface area contributed by atoms with E-state index in [1.165, 1.54) is 23.1 Å². The lowest BCUT2D eigenvalue weighted by Gasteiger charge is -2.33. The molecule has 0 spiro atoms. The van der Waals surface area contributed by atoms with Crippen LogP contribution in [0, 0.1) is 0 Å². The van der Waals surface area contributed by atoms with Crippen LogP contribution in [0.5, 0.6) is 5.75 Å². The number of aromatic hydroxyl groups is 1. The molecular weight excluding hydrogens is 272 g/mol. The topological polar surface area (TPSA) is 89.9 Å². The summed E-state index contributed by atoms with van der Waals surface area (Å²) in [5, 5.41) is 22.0. The van der Waals surface area contributed by atoms with Crippen molar-refractivity contribution in [1.29, 1.82) is 0 Å². The summed E-state index contributed by atoms with van der Waals surface area (Å²) in [7, 11) is 0. The summed E-state index contributed by atoms with van der Waals surface area (Å²) in [6, 6.07) is 3.19. The molecule has 1 aliphatic heterocycles. The van der Waals surface area contributed by atoms with E-state index < -0.39 is 17.9 Å². The summed E-state index contributed by atoms with van der Waals surface area (Å²) in [6.07, 6.45) is 0. The van der Waals surface area contributed by atoms with Crippen molar-refractivity contribution < 1.29 is 19.8 Å². The van der Waals surface area contributed by atoms with Crippen LogP contribution in [-0.4, -0.2) is 52.7 Å². The third-order valence-electron chi connectivity index (χ3n) is 2.98. The molecule has 1 heterocycles. The van der Waals surface area contributed by atoms with Crippen LogP contribution in [-0.2, 0) is 4.79 Å². The first-order chi connectivity index (χ1) is 9.00. The fraction of sp³-hybridized carbons (Fsp3) is 0.333. The number of nitrogens with zero attached hydrogens (tertiary/aromatic N) is 1. The SMILES string of the molecule is O=C(O)C1CNCCN1C(=O)c1ccc(Cl)cc1O. The molecule has 102 valence electrons. The average Bonchev–Trinajstić information content (AvgIpc) is 2.38. The normalized spacial score (nSPS) is 19.2. The number of hydrogen-bond donors (Lipinski definition) is 3. The number of carboxylic acid groups (broad SMARTS) is 1. The van der Waals surface area contributed by atoms with Crippen LogP contribution in [0.4, 0.5) is 0 Å². The molecule has 0 radical (unpaired) electrons. The van der Waals surface area contributed by atoms with Gasteiger partial charge < -0.3 is 20.4 Å². The van der Waals surface area contributed by atoms with Gasteiger partial charge in [0.25, 0.3) is 5.91 Å². The molecule has 1 aromatic rings. The number of halogens is 1. The maximum Gasteiger partial charge on any atom is 0.327 e. The zero-order chi connectivity index (χ0) is 14.0. The van der Waals surface area contributed by atoms with Gasteiger partial charge in [-0.2, -0.15) is 0 Å². The molecule has 2 rings (SSSR count). The first-order valence-corrected chi connectivity index (χ1v) is 6.11. The highest BCUT2D eigenvalue weighted by atomic mass is 35.5. The quantitative estimate of drug-likeness (QED) is 0.738. The van der Waals surface area contributed by atoms with Gasteiger partial charge >= 0.3 is 5.97 Å². The fourth-order valence-electron chi connectivity index (χ4n) is 2.01. The van der Waals surface area contributed by atoms with Crippen LogP contribution in [0.1, 0.15) is 10.4 Å². The minimum atomic E-state index is -1.07. The van der Waals surface area contributed by atoms with Gasteiger partial charge in [0, 0.05) is 24.7 Å². The zero-order valence-electron chi connectivity index (χ0n) is 9.97. The standard InChI is InChI=1S/C12H13ClN2O4/c13-7-1-2-8(10(16)5-7)11(17)15-4-3-14-6-9(15)12(18)19/h1-2,5,9,14,16H,3-4,6H2,(H,18,19). The summed E-state index contributed by atoms with van der Waals surface area (Å²) in [4.78, 5) is 24.6. The molecule has 1 saturated heterocycles.